The molecule has 120 valence electrons. The van der Waals surface area contributed by atoms with Crippen LogP contribution in [0.5, 0.6) is 0 Å². The van der Waals surface area contributed by atoms with Gasteiger partial charge in [-0.05, 0) is 49.6 Å². The highest BCUT2D eigenvalue weighted by Gasteiger charge is 2.18. The fourth-order valence-electron chi connectivity index (χ4n) is 2.77. The summed E-state index contributed by atoms with van der Waals surface area (Å²) in [6.45, 7) is 2.05. The van der Waals surface area contributed by atoms with Gasteiger partial charge in [0.15, 0.2) is 0 Å². The average Bonchev–Trinajstić information content (AvgIpc) is 3.04. The average molecular weight is 374 g/mol. The van der Waals surface area contributed by atoms with Gasteiger partial charge in [-0.3, -0.25) is 4.79 Å². The summed E-state index contributed by atoms with van der Waals surface area (Å²) in [4.78, 5) is 16.4. The Kier molecular flexibility index (Phi) is 4.96. The number of amides is 1. The van der Waals surface area contributed by atoms with Gasteiger partial charge in [-0.15, -0.1) is 0 Å². The number of hydrogen-bond donors (Lipinski definition) is 2. The number of hydrogen-bond acceptors (Lipinski definition) is 3. The number of nitrogens with one attached hydrogen (secondary N) is 2. The third-order valence-corrected chi connectivity index (χ3v) is 5.00. The molecule has 1 amide bonds. The molecule has 4 nitrogen and oxygen atoms in total. The molecule has 0 saturated heterocycles. The van der Waals surface area contributed by atoms with Crippen molar-refractivity contribution in [3.63, 3.8) is 0 Å². The van der Waals surface area contributed by atoms with E-state index in [4.69, 9.17) is 0 Å². The highest BCUT2D eigenvalue weighted by atomic mass is 79.9. The molecule has 1 fully saturated rings. The van der Waals surface area contributed by atoms with Gasteiger partial charge >= 0.3 is 0 Å². The van der Waals surface area contributed by atoms with Crippen LogP contribution in [0.15, 0.2) is 41.0 Å². The zero-order valence-corrected chi connectivity index (χ0v) is 14.7. The van der Waals surface area contributed by atoms with Crippen LogP contribution in [0.2, 0.25) is 0 Å². The van der Waals surface area contributed by atoms with Crippen molar-refractivity contribution >= 4 is 33.2 Å². The first-order valence-electron chi connectivity index (χ1n) is 7.92. The molecule has 0 spiro atoms. The second-order valence-electron chi connectivity index (χ2n) is 5.98. The lowest BCUT2D eigenvalue weighted by molar-refractivity contribution is 0.0933. The molecule has 1 aliphatic carbocycles. The molecule has 5 heteroatoms. The van der Waals surface area contributed by atoms with Crippen LogP contribution in [0.1, 0.15) is 41.7 Å². The highest BCUT2D eigenvalue weighted by molar-refractivity contribution is 9.10. The number of nitrogens with zero attached hydrogens (tertiary/aromatic N) is 1. The van der Waals surface area contributed by atoms with E-state index in [0.29, 0.717) is 11.7 Å². The van der Waals surface area contributed by atoms with Crippen molar-refractivity contribution in [3.8, 4) is 0 Å². The summed E-state index contributed by atoms with van der Waals surface area (Å²) in [5.41, 5.74) is 3.49. The van der Waals surface area contributed by atoms with Crippen LogP contribution in [0.25, 0.3) is 0 Å². The van der Waals surface area contributed by atoms with E-state index >= 15 is 0 Å². The summed E-state index contributed by atoms with van der Waals surface area (Å²) in [5, 5.41) is 6.34. The minimum absolute atomic E-state index is 0.0819. The molecule has 2 N–H and O–H groups in total. The van der Waals surface area contributed by atoms with E-state index in [-0.39, 0.29) is 5.91 Å². The van der Waals surface area contributed by atoms with Crippen LogP contribution in [0.3, 0.4) is 0 Å². The van der Waals surface area contributed by atoms with Crippen molar-refractivity contribution < 1.29 is 4.79 Å². The standard InChI is InChI=1S/C18H20BrN3O/c1-12-6-7-14(10-16(12)19)21-15-8-9-17(20-11-15)18(23)22-13-4-2-3-5-13/h6-11,13,21H,2-5H2,1H3,(H,22,23). The van der Waals surface area contributed by atoms with E-state index in [2.05, 4.69) is 31.5 Å². The Bertz CT molecular complexity index is 694. The molecule has 0 bridgehead atoms. The minimum Gasteiger partial charge on any atom is -0.354 e. The van der Waals surface area contributed by atoms with Crippen LogP contribution in [-0.2, 0) is 0 Å². The van der Waals surface area contributed by atoms with Gasteiger partial charge in [0.05, 0.1) is 11.9 Å². The van der Waals surface area contributed by atoms with Gasteiger partial charge in [0, 0.05) is 16.2 Å². The molecule has 1 aliphatic rings. The lowest BCUT2D eigenvalue weighted by Crippen LogP contribution is -2.33. The van der Waals surface area contributed by atoms with Crippen molar-refractivity contribution in [3.05, 3.63) is 52.3 Å². The maximum Gasteiger partial charge on any atom is 0.270 e. The molecule has 2 aromatic rings. The molecule has 0 radical (unpaired) electrons. The van der Waals surface area contributed by atoms with Crippen molar-refractivity contribution in [2.75, 3.05) is 5.32 Å². The fraction of sp³-hybridized carbons (Fsp3) is 0.333. The molecular formula is C18H20BrN3O. The minimum atomic E-state index is -0.0819. The number of pyridine rings is 1. The van der Waals surface area contributed by atoms with E-state index in [9.17, 15) is 4.79 Å². The van der Waals surface area contributed by atoms with Crippen molar-refractivity contribution in [2.24, 2.45) is 0 Å². The van der Waals surface area contributed by atoms with Gasteiger partial charge in [-0.1, -0.05) is 34.8 Å². The molecular weight excluding hydrogens is 354 g/mol. The molecule has 1 aromatic heterocycles. The number of carbonyl (C=O) groups excluding carboxylic acids is 1. The number of rotatable bonds is 4. The first-order valence-corrected chi connectivity index (χ1v) is 8.71. The van der Waals surface area contributed by atoms with Crippen molar-refractivity contribution in [1.82, 2.24) is 10.3 Å². The number of anilines is 2. The Morgan fingerprint density at radius 2 is 1.91 bits per heavy atom. The molecule has 3 rings (SSSR count). The molecule has 0 aliphatic heterocycles. The van der Waals surface area contributed by atoms with Crippen LogP contribution in [-0.4, -0.2) is 16.9 Å². The number of carbonyl (C=O) groups is 1. The largest absolute Gasteiger partial charge is 0.354 e. The summed E-state index contributed by atoms with van der Waals surface area (Å²) < 4.78 is 1.06. The van der Waals surface area contributed by atoms with Crippen molar-refractivity contribution in [2.45, 2.75) is 38.6 Å². The highest BCUT2D eigenvalue weighted by Crippen LogP contribution is 2.23. The predicted octanol–water partition coefficient (Wildman–Crippen LogP) is 4.57. The summed E-state index contributed by atoms with van der Waals surface area (Å²) >= 11 is 3.52. The first kappa shape index (κ1) is 16.0. The third kappa shape index (κ3) is 4.10. The summed E-state index contributed by atoms with van der Waals surface area (Å²) in [5.74, 6) is -0.0819. The SMILES string of the molecule is Cc1ccc(Nc2ccc(C(=O)NC3CCCC3)nc2)cc1Br. The molecule has 23 heavy (non-hydrogen) atoms. The number of halogens is 1. The molecule has 0 unspecified atom stereocenters. The fourth-order valence-corrected chi connectivity index (χ4v) is 3.15. The van der Waals surface area contributed by atoms with Gasteiger partial charge in [0.2, 0.25) is 0 Å². The Balaban J connectivity index is 1.64. The first-order chi connectivity index (χ1) is 11.1. The van der Waals surface area contributed by atoms with Gasteiger partial charge in [0.1, 0.15) is 5.69 Å². The normalized spacial score (nSPS) is 14.7. The lowest BCUT2D eigenvalue weighted by atomic mass is 10.2. The zero-order chi connectivity index (χ0) is 16.2. The van der Waals surface area contributed by atoms with E-state index in [1.165, 1.54) is 18.4 Å². The lowest BCUT2D eigenvalue weighted by Gasteiger charge is -2.12. The molecule has 1 aromatic carbocycles. The van der Waals surface area contributed by atoms with Crippen LogP contribution in [0.4, 0.5) is 11.4 Å². The third-order valence-electron chi connectivity index (χ3n) is 4.15. The maximum atomic E-state index is 12.2. The Labute approximate surface area is 144 Å². The second kappa shape index (κ2) is 7.13. The zero-order valence-electron chi connectivity index (χ0n) is 13.1. The summed E-state index contributed by atoms with van der Waals surface area (Å²) in [7, 11) is 0. The Hall–Kier alpha value is -1.88. The van der Waals surface area contributed by atoms with Crippen LogP contribution >= 0.6 is 15.9 Å². The van der Waals surface area contributed by atoms with E-state index in [0.717, 1.165) is 28.7 Å². The van der Waals surface area contributed by atoms with E-state index in [1.54, 1.807) is 12.3 Å². The van der Waals surface area contributed by atoms with Gasteiger partial charge in [-0.25, -0.2) is 4.98 Å². The van der Waals surface area contributed by atoms with Crippen LogP contribution in [0, 0.1) is 6.92 Å². The van der Waals surface area contributed by atoms with Gasteiger partial charge in [0.25, 0.3) is 5.91 Å². The summed E-state index contributed by atoms with van der Waals surface area (Å²) in [6, 6.07) is 10.0. The number of aromatic nitrogens is 1. The smallest absolute Gasteiger partial charge is 0.270 e. The topological polar surface area (TPSA) is 54.0 Å². The Morgan fingerprint density at radius 3 is 2.57 bits per heavy atom. The quantitative estimate of drug-likeness (QED) is 0.825. The van der Waals surface area contributed by atoms with Crippen molar-refractivity contribution in [1.29, 1.82) is 0 Å². The monoisotopic (exact) mass is 373 g/mol. The molecule has 1 saturated carbocycles. The van der Waals surface area contributed by atoms with E-state index in [1.807, 2.05) is 31.2 Å². The molecule has 0 atom stereocenters. The summed E-state index contributed by atoms with van der Waals surface area (Å²) in [6.07, 6.45) is 6.25. The second-order valence-corrected chi connectivity index (χ2v) is 6.83. The van der Waals surface area contributed by atoms with Gasteiger partial charge < -0.3 is 10.6 Å². The molecule has 1 heterocycles. The predicted molar refractivity (Wildman–Crippen MR) is 96.1 cm³/mol. The Morgan fingerprint density at radius 1 is 1.17 bits per heavy atom. The van der Waals surface area contributed by atoms with E-state index < -0.39 is 0 Å². The number of aryl methyl sites for hydroxylation is 1. The number of benzene rings is 1. The maximum absolute atomic E-state index is 12.2. The van der Waals surface area contributed by atoms with Gasteiger partial charge in [-0.2, -0.15) is 0 Å². The van der Waals surface area contributed by atoms with Crippen LogP contribution < -0.4 is 10.6 Å².